The Morgan fingerprint density at radius 3 is 2.58 bits per heavy atom. The monoisotopic (exact) mass is 324 g/mol. The number of rotatable bonds is 4. The van der Waals surface area contributed by atoms with Crippen LogP contribution in [0.15, 0.2) is 53.5 Å². The Morgan fingerprint density at radius 2 is 1.88 bits per heavy atom. The molecule has 0 fully saturated rings. The molecule has 3 rings (SSSR count). The highest BCUT2D eigenvalue weighted by Gasteiger charge is 2.28. The number of nitrogens with zero attached hydrogens (tertiary/aromatic N) is 2. The summed E-state index contributed by atoms with van der Waals surface area (Å²) in [4.78, 5) is 6.58. The summed E-state index contributed by atoms with van der Waals surface area (Å²) in [5.74, 6) is 0.856. The van der Waals surface area contributed by atoms with Gasteiger partial charge in [0.05, 0.1) is 11.6 Å². The smallest absolute Gasteiger partial charge is 0.158 e. The summed E-state index contributed by atoms with van der Waals surface area (Å²) in [6.45, 7) is 3.10. The van der Waals surface area contributed by atoms with Crippen LogP contribution in [0.3, 0.4) is 0 Å². The summed E-state index contributed by atoms with van der Waals surface area (Å²) in [5, 5.41) is 10.3. The van der Waals surface area contributed by atoms with Crippen LogP contribution in [0.2, 0.25) is 0 Å². The second-order valence-corrected chi connectivity index (χ2v) is 6.53. The molecule has 24 heavy (non-hydrogen) atoms. The molecule has 0 radical (unpaired) electrons. The first-order valence-electron chi connectivity index (χ1n) is 8.24. The highest BCUT2D eigenvalue weighted by molar-refractivity contribution is 6.08. The summed E-state index contributed by atoms with van der Waals surface area (Å²) >= 11 is 0. The minimum Gasteiger partial charge on any atom is -0.492 e. The van der Waals surface area contributed by atoms with E-state index in [4.69, 9.17) is 4.74 Å². The molecule has 0 saturated carbocycles. The van der Waals surface area contributed by atoms with E-state index in [0.29, 0.717) is 13.2 Å². The van der Waals surface area contributed by atoms with Crippen molar-refractivity contribution >= 4 is 5.71 Å². The summed E-state index contributed by atoms with van der Waals surface area (Å²) in [6, 6.07) is 16.3. The minimum atomic E-state index is -0.755. The van der Waals surface area contributed by atoms with Gasteiger partial charge in [-0.1, -0.05) is 42.0 Å². The predicted octanol–water partition coefficient (Wildman–Crippen LogP) is 2.84. The molecule has 4 heteroatoms. The quantitative estimate of drug-likeness (QED) is 0.940. The highest BCUT2D eigenvalue weighted by Crippen LogP contribution is 2.33. The lowest BCUT2D eigenvalue weighted by Crippen LogP contribution is -2.31. The van der Waals surface area contributed by atoms with Gasteiger partial charge in [0.15, 0.2) is 6.23 Å². The first kappa shape index (κ1) is 16.7. The molecule has 0 bridgehead atoms. The first-order valence-corrected chi connectivity index (χ1v) is 8.24. The van der Waals surface area contributed by atoms with Gasteiger partial charge in [0, 0.05) is 12.1 Å². The van der Waals surface area contributed by atoms with E-state index in [2.05, 4.69) is 36.2 Å². The Labute approximate surface area is 143 Å². The van der Waals surface area contributed by atoms with E-state index >= 15 is 0 Å². The lowest BCUT2D eigenvalue weighted by atomic mass is 9.87. The molecule has 4 nitrogen and oxygen atoms in total. The Hall–Kier alpha value is -2.17. The van der Waals surface area contributed by atoms with E-state index in [-0.39, 0.29) is 5.92 Å². The van der Waals surface area contributed by atoms with E-state index in [0.717, 1.165) is 22.6 Å². The second kappa shape index (κ2) is 7.16. The fraction of sp³-hybridized carbons (Fsp3) is 0.350. The molecule has 1 heterocycles. The van der Waals surface area contributed by atoms with Gasteiger partial charge in [-0.2, -0.15) is 0 Å². The van der Waals surface area contributed by atoms with Crippen molar-refractivity contribution in [2.24, 2.45) is 4.99 Å². The summed E-state index contributed by atoms with van der Waals surface area (Å²) in [7, 11) is 3.86. The third kappa shape index (κ3) is 3.66. The number of ether oxygens (including phenoxy) is 1. The van der Waals surface area contributed by atoms with E-state index in [9.17, 15) is 5.11 Å². The largest absolute Gasteiger partial charge is 0.492 e. The van der Waals surface area contributed by atoms with Crippen molar-refractivity contribution in [3.05, 3.63) is 65.2 Å². The van der Waals surface area contributed by atoms with Gasteiger partial charge in [0.1, 0.15) is 12.4 Å². The number of fused-ring (bicyclic) bond motifs is 1. The molecule has 2 atom stereocenters. The molecule has 1 aliphatic rings. The molecule has 1 aliphatic heterocycles. The molecular weight excluding hydrogens is 300 g/mol. The van der Waals surface area contributed by atoms with E-state index in [1.807, 2.05) is 43.3 Å². The van der Waals surface area contributed by atoms with Crippen molar-refractivity contribution < 1.29 is 9.84 Å². The molecule has 0 aliphatic carbocycles. The molecular formula is C20H24N2O2. The third-order valence-electron chi connectivity index (χ3n) is 4.19. The normalized spacial score (nSPS) is 19.9. The molecule has 0 spiro atoms. The number of hydrogen-bond acceptors (Lipinski definition) is 4. The highest BCUT2D eigenvalue weighted by atomic mass is 16.5. The number of benzene rings is 2. The van der Waals surface area contributed by atoms with Gasteiger partial charge in [0.25, 0.3) is 0 Å². The van der Waals surface area contributed by atoms with Crippen molar-refractivity contribution in [2.45, 2.75) is 19.1 Å². The maximum Gasteiger partial charge on any atom is 0.158 e. The summed E-state index contributed by atoms with van der Waals surface area (Å²) in [6.07, 6.45) is -0.755. The van der Waals surface area contributed by atoms with Crippen molar-refractivity contribution in [3.63, 3.8) is 0 Å². The molecule has 2 aromatic rings. The van der Waals surface area contributed by atoms with Crippen LogP contribution in [0.1, 0.15) is 22.6 Å². The zero-order chi connectivity index (χ0) is 17.1. The fourth-order valence-corrected chi connectivity index (χ4v) is 2.98. The Kier molecular flexibility index (Phi) is 4.97. The molecule has 0 saturated heterocycles. The topological polar surface area (TPSA) is 45.1 Å². The molecule has 2 aromatic carbocycles. The van der Waals surface area contributed by atoms with Gasteiger partial charge in [0.2, 0.25) is 0 Å². The van der Waals surface area contributed by atoms with Gasteiger partial charge in [-0.25, -0.2) is 0 Å². The third-order valence-corrected chi connectivity index (χ3v) is 4.19. The van der Waals surface area contributed by atoms with Crippen LogP contribution in [-0.2, 0) is 0 Å². The molecule has 1 N–H and O–H groups in total. The van der Waals surface area contributed by atoms with E-state index < -0.39 is 6.23 Å². The second-order valence-electron chi connectivity index (χ2n) is 6.53. The van der Waals surface area contributed by atoms with Crippen molar-refractivity contribution in [2.75, 3.05) is 27.2 Å². The summed E-state index contributed by atoms with van der Waals surface area (Å²) < 4.78 is 5.94. The lowest BCUT2D eigenvalue weighted by molar-refractivity contribution is 0.144. The van der Waals surface area contributed by atoms with Crippen LogP contribution >= 0.6 is 0 Å². The van der Waals surface area contributed by atoms with Crippen LogP contribution in [0, 0.1) is 6.92 Å². The van der Waals surface area contributed by atoms with Crippen LogP contribution < -0.4 is 4.74 Å². The zero-order valence-electron chi connectivity index (χ0n) is 14.4. The van der Waals surface area contributed by atoms with Crippen molar-refractivity contribution in [1.82, 2.24) is 4.90 Å². The minimum absolute atomic E-state index is 0.0253. The van der Waals surface area contributed by atoms with Crippen LogP contribution in [-0.4, -0.2) is 49.2 Å². The van der Waals surface area contributed by atoms with Gasteiger partial charge < -0.3 is 14.7 Å². The molecule has 2 unspecified atom stereocenters. The fourth-order valence-electron chi connectivity index (χ4n) is 2.98. The van der Waals surface area contributed by atoms with Crippen molar-refractivity contribution in [1.29, 1.82) is 0 Å². The van der Waals surface area contributed by atoms with Crippen LogP contribution in [0.5, 0.6) is 5.75 Å². The van der Waals surface area contributed by atoms with Crippen molar-refractivity contribution in [3.8, 4) is 5.75 Å². The van der Waals surface area contributed by atoms with Crippen LogP contribution in [0.25, 0.3) is 0 Å². The van der Waals surface area contributed by atoms with Gasteiger partial charge >= 0.3 is 0 Å². The number of para-hydroxylation sites is 1. The lowest BCUT2D eigenvalue weighted by Gasteiger charge is -2.28. The van der Waals surface area contributed by atoms with Gasteiger partial charge in [-0.05, 0) is 38.7 Å². The predicted molar refractivity (Wildman–Crippen MR) is 97.0 cm³/mol. The Bertz CT molecular complexity index is 723. The Balaban J connectivity index is 2.01. The number of aliphatic hydroxyl groups excluding tert-OH is 1. The average molecular weight is 324 g/mol. The molecule has 126 valence electrons. The first-order chi connectivity index (χ1) is 11.5. The van der Waals surface area contributed by atoms with E-state index in [1.165, 1.54) is 5.56 Å². The van der Waals surface area contributed by atoms with E-state index in [1.54, 1.807) is 0 Å². The standard InChI is InChI=1S/C20H24N2O2/c1-14-8-10-15(11-9-14)17-13-24-18-7-5-4-6-16(18)20(17)21-19(23)12-22(2)3/h4-11,17,19,23H,12-13H2,1-3H3. The number of aryl methyl sites for hydroxylation is 1. The number of likely N-dealkylation sites (N-methyl/N-ethyl adjacent to an activating group) is 1. The molecule has 0 aromatic heterocycles. The number of aliphatic hydroxyl groups is 1. The maximum atomic E-state index is 10.3. The number of hydrogen-bond donors (Lipinski definition) is 1. The Morgan fingerprint density at radius 1 is 1.17 bits per heavy atom. The zero-order valence-corrected chi connectivity index (χ0v) is 14.4. The number of aliphatic imine (C=N–C) groups is 1. The van der Waals surface area contributed by atoms with Crippen LogP contribution in [0.4, 0.5) is 0 Å². The SMILES string of the molecule is Cc1ccc(C2COc3ccccc3C2=NC(O)CN(C)C)cc1. The summed E-state index contributed by atoms with van der Waals surface area (Å²) in [5.41, 5.74) is 4.25. The molecule has 0 amide bonds. The maximum absolute atomic E-state index is 10.3. The van der Waals surface area contributed by atoms with Gasteiger partial charge in [-0.3, -0.25) is 4.99 Å². The van der Waals surface area contributed by atoms with Gasteiger partial charge in [-0.15, -0.1) is 0 Å². The average Bonchev–Trinajstić information content (AvgIpc) is 2.55.